The molecule has 0 spiro atoms. The Labute approximate surface area is 219 Å². The van der Waals surface area contributed by atoms with Crippen LogP contribution >= 0.6 is 0 Å². The van der Waals surface area contributed by atoms with Gasteiger partial charge in [0.25, 0.3) is 0 Å². The summed E-state index contributed by atoms with van der Waals surface area (Å²) in [6, 6.07) is 15.3. The van der Waals surface area contributed by atoms with E-state index in [1.165, 1.54) is 0 Å². The van der Waals surface area contributed by atoms with Gasteiger partial charge in [-0.05, 0) is 31.5 Å². The lowest BCUT2D eigenvalue weighted by molar-refractivity contribution is 0.0979. The Kier molecular flexibility index (Phi) is 7.23. The van der Waals surface area contributed by atoms with Gasteiger partial charge in [-0.3, -0.25) is 14.6 Å². The third-order valence-corrected chi connectivity index (χ3v) is 6.00. The van der Waals surface area contributed by atoms with Crippen LogP contribution in [0.1, 0.15) is 45.2 Å². The average molecular weight is 508 g/mol. The van der Waals surface area contributed by atoms with Crippen LogP contribution in [0.25, 0.3) is 11.4 Å². The molecule has 10 nitrogen and oxygen atoms in total. The van der Waals surface area contributed by atoms with E-state index in [2.05, 4.69) is 30.5 Å². The lowest BCUT2D eigenvalue weighted by atomic mass is 9.83. The molecule has 0 fully saturated rings. The molecular formula is C28H25N7O3. The van der Waals surface area contributed by atoms with E-state index in [4.69, 9.17) is 10.5 Å². The topological polar surface area (TPSA) is 145 Å². The maximum atomic E-state index is 13.3. The predicted molar refractivity (Wildman–Crippen MR) is 143 cm³/mol. The van der Waals surface area contributed by atoms with Gasteiger partial charge < -0.3 is 15.8 Å². The first-order chi connectivity index (χ1) is 18.6. The van der Waals surface area contributed by atoms with Gasteiger partial charge in [0.15, 0.2) is 34.7 Å². The number of benzene rings is 2. The highest BCUT2D eigenvalue weighted by atomic mass is 16.5. The van der Waals surface area contributed by atoms with E-state index in [1.807, 2.05) is 6.92 Å². The van der Waals surface area contributed by atoms with E-state index >= 15 is 0 Å². The van der Waals surface area contributed by atoms with Crippen LogP contribution in [0.2, 0.25) is 0 Å². The lowest BCUT2D eigenvalue weighted by Gasteiger charge is -2.18. The second-order valence-corrected chi connectivity index (χ2v) is 8.45. The maximum absolute atomic E-state index is 13.3. The van der Waals surface area contributed by atoms with Gasteiger partial charge in [-0.25, -0.2) is 9.97 Å². The van der Waals surface area contributed by atoms with Gasteiger partial charge in [0.1, 0.15) is 0 Å². The predicted octanol–water partition coefficient (Wildman–Crippen LogP) is 5.15. The number of azo groups is 1. The number of carbonyl (C=O) groups excluding carboxylic acids is 2. The second-order valence-electron chi connectivity index (χ2n) is 8.45. The van der Waals surface area contributed by atoms with Crippen molar-refractivity contribution in [2.45, 2.75) is 13.3 Å². The zero-order valence-electron chi connectivity index (χ0n) is 20.7. The van der Waals surface area contributed by atoms with Crippen LogP contribution in [0.3, 0.4) is 0 Å². The number of nitrogens with two attached hydrogens (primary N) is 1. The van der Waals surface area contributed by atoms with E-state index in [9.17, 15) is 9.59 Å². The molecule has 4 aromatic rings. The second kappa shape index (κ2) is 11.1. The molecule has 0 unspecified atom stereocenters. The molecule has 5 rings (SSSR count). The molecule has 2 heterocycles. The Morgan fingerprint density at radius 3 is 2.39 bits per heavy atom. The van der Waals surface area contributed by atoms with Crippen molar-refractivity contribution in [1.82, 2.24) is 15.0 Å². The highest BCUT2D eigenvalue weighted by molar-refractivity contribution is 6.29. The van der Waals surface area contributed by atoms with Crippen molar-refractivity contribution in [3.8, 4) is 11.4 Å². The Balaban J connectivity index is 1.52. The number of rotatable bonds is 9. The van der Waals surface area contributed by atoms with Crippen LogP contribution in [0, 0.1) is 0 Å². The maximum Gasteiger partial charge on any atom is 0.196 e. The van der Waals surface area contributed by atoms with Crippen LogP contribution in [0.15, 0.2) is 77.2 Å². The van der Waals surface area contributed by atoms with Crippen molar-refractivity contribution in [1.29, 1.82) is 0 Å². The number of carbonyl (C=O) groups is 2. The van der Waals surface area contributed by atoms with E-state index in [0.717, 1.165) is 12.0 Å². The summed E-state index contributed by atoms with van der Waals surface area (Å²) < 4.78 is 5.41. The number of ether oxygens (including phenoxy) is 1. The minimum Gasteiger partial charge on any atom is -0.382 e. The molecule has 3 N–H and O–H groups in total. The van der Waals surface area contributed by atoms with Crippen LogP contribution in [0.4, 0.5) is 23.0 Å². The summed E-state index contributed by atoms with van der Waals surface area (Å²) >= 11 is 0. The number of nitrogens with zero attached hydrogens (tertiary/aromatic N) is 5. The summed E-state index contributed by atoms with van der Waals surface area (Å²) in [5, 5.41) is 12.0. The van der Waals surface area contributed by atoms with Gasteiger partial charge in [-0.15, -0.1) is 10.2 Å². The number of hydrogen-bond donors (Lipinski definition) is 2. The van der Waals surface area contributed by atoms with E-state index in [1.54, 1.807) is 67.0 Å². The molecule has 38 heavy (non-hydrogen) atoms. The first kappa shape index (κ1) is 24.8. The monoisotopic (exact) mass is 507 g/mol. The Hall–Kier alpha value is -4.83. The van der Waals surface area contributed by atoms with Crippen LogP contribution < -0.4 is 11.1 Å². The van der Waals surface area contributed by atoms with Crippen molar-refractivity contribution in [3.63, 3.8) is 0 Å². The summed E-state index contributed by atoms with van der Waals surface area (Å²) in [5.41, 5.74) is 8.77. The summed E-state index contributed by atoms with van der Waals surface area (Å²) in [7, 11) is 0. The molecule has 1 aliphatic rings. The van der Waals surface area contributed by atoms with Crippen molar-refractivity contribution in [2.24, 2.45) is 10.2 Å². The quantitative estimate of drug-likeness (QED) is 0.206. The first-order valence-corrected chi connectivity index (χ1v) is 12.2. The average Bonchev–Trinajstić information content (AvgIpc) is 2.95. The molecule has 1 aliphatic carbocycles. The SMILES string of the molecule is CCOCCCNc1nc(-c2ccncc2)nc(N)c1N=Nc1cccc2c1C(=O)c1ccccc1C2=O. The van der Waals surface area contributed by atoms with Gasteiger partial charge in [-0.2, -0.15) is 0 Å². The molecule has 0 bridgehead atoms. The van der Waals surface area contributed by atoms with Gasteiger partial charge in [0.05, 0.1) is 11.3 Å². The number of ketones is 2. The van der Waals surface area contributed by atoms with E-state index in [0.29, 0.717) is 42.5 Å². The van der Waals surface area contributed by atoms with Crippen molar-refractivity contribution in [3.05, 3.63) is 89.2 Å². The molecule has 190 valence electrons. The fraction of sp³-hybridized carbons (Fsp3) is 0.179. The smallest absolute Gasteiger partial charge is 0.196 e. The highest BCUT2D eigenvalue weighted by Crippen LogP contribution is 2.36. The molecule has 2 aromatic carbocycles. The first-order valence-electron chi connectivity index (χ1n) is 12.2. The number of anilines is 2. The molecule has 2 aromatic heterocycles. The van der Waals surface area contributed by atoms with Crippen molar-refractivity contribution in [2.75, 3.05) is 30.8 Å². The minimum atomic E-state index is -0.281. The Morgan fingerprint density at radius 1 is 0.895 bits per heavy atom. The van der Waals surface area contributed by atoms with Gasteiger partial charge in [0.2, 0.25) is 0 Å². The lowest BCUT2D eigenvalue weighted by Crippen LogP contribution is -2.20. The van der Waals surface area contributed by atoms with E-state index < -0.39 is 0 Å². The van der Waals surface area contributed by atoms with Crippen molar-refractivity contribution < 1.29 is 14.3 Å². The normalized spacial score (nSPS) is 12.4. The van der Waals surface area contributed by atoms with E-state index in [-0.39, 0.29) is 39.9 Å². The summed E-state index contributed by atoms with van der Waals surface area (Å²) in [6.07, 6.45) is 4.03. The molecule has 10 heteroatoms. The fourth-order valence-electron chi connectivity index (χ4n) is 4.16. The zero-order valence-corrected chi connectivity index (χ0v) is 20.7. The number of aromatic nitrogens is 3. The number of hydrogen-bond acceptors (Lipinski definition) is 10. The third-order valence-electron chi connectivity index (χ3n) is 6.00. The molecule has 0 atom stereocenters. The largest absolute Gasteiger partial charge is 0.382 e. The summed E-state index contributed by atoms with van der Waals surface area (Å²) in [4.78, 5) is 39.5. The number of nitrogen functional groups attached to an aromatic ring is 1. The van der Waals surface area contributed by atoms with Crippen molar-refractivity contribution >= 4 is 34.6 Å². The summed E-state index contributed by atoms with van der Waals surface area (Å²) in [5.74, 6) is 0.401. The molecule has 0 saturated heterocycles. The molecule has 0 radical (unpaired) electrons. The van der Waals surface area contributed by atoms with Gasteiger partial charge >= 0.3 is 0 Å². The third kappa shape index (κ3) is 4.89. The number of nitrogens with one attached hydrogen (secondary N) is 1. The molecular weight excluding hydrogens is 482 g/mol. The zero-order chi connectivity index (χ0) is 26.5. The molecule has 0 aliphatic heterocycles. The Morgan fingerprint density at radius 2 is 1.63 bits per heavy atom. The number of pyridine rings is 1. The fourth-order valence-corrected chi connectivity index (χ4v) is 4.16. The van der Waals surface area contributed by atoms with Gasteiger partial charge in [0, 0.05) is 54.4 Å². The molecule has 0 saturated carbocycles. The van der Waals surface area contributed by atoms with Crippen LogP contribution in [-0.4, -0.2) is 46.3 Å². The van der Waals surface area contributed by atoms with Gasteiger partial charge in [-0.1, -0.05) is 36.4 Å². The minimum absolute atomic E-state index is 0.111. The highest BCUT2D eigenvalue weighted by Gasteiger charge is 2.31. The molecule has 0 amide bonds. The summed E-state index contributed by atoms with van der Waals surface area (Å²) in [6.45, 7) is 3.72. The standard InChI is InChI=1S/C28H25N7O3/c1-2-38-16-6-13-31-28-23(26(29)32-27(33-28)17-11-14-30-15-12-17)35-34-21-10-5-9-20-22(21)25(37)19-8-4-3-7-18(19)24(20)36/h3-5,7-12,14-15H,2,6,13,16H2,1H3,(H3,29,31,32,33). The van der Waals surface area contributed by atoms with Crippen LogP contribution in [0.5, 0.6) is 0 Å². The Bertz CT molecular complexity index is 1540. The number of fused-ring (bicyclic) bond motifs is 2. The van der Waals surface area contributed by atoms with Crippen LogP contribution in [-0.2, 0) is 4.74 Å².